The molecule has 0 spiro atoms. The normalized spacial score (nSPS) is 20.9. The number of ether oxygens (including phenoxy) is 2. The van der Waals surface area contributed by atoms with Crippen LogP contribution in [0.15, 0.2) is 18.2 Å². The standard InChI is InChI=1S/C14H20ClNO2/c1-10(16)11-4-5-14(13(15)9-11)18-8-6-12-3-2-7-17-12/h4-5,9-10,12H,2-3,6-8,16H2,1H3. The lowest BCUT2D eigenvalue weighted by Crippen LogP contribution is -2.11. The fraction of sp³-hybridized carbons (Fsp3) is 0.571. The molecule has 100 valence electrons. The Hall–Kier alpha value is -0.770. The first kappa shape index (κ1) is 13.7. The fourth-order valence-corrected chi connectivity index (χ4v) is 2.33. The smallest absolute Gasteiger partial charge is 0.137 e. The third-order valence-electron chi connectivity index (χ3n) is 3.20. The van der Waals surface area contributed by atoms with Gasteiger partial charge in [0.05, 0.1) is 17.7 Å². The third kappa shape index (κ3) is 3.61. The molecule has 1 heterocycles. The van der Waals surface area contributed by atoms with Gasteiger partial charge in [-0.15, -0.1) is 0 Å². The molecular formula is C14H20ClNO2. The lowest BCUT2D eigenvalue weighted by molar-refractivity contribution is 0.0904. The monoisotopic (exact) mass is 269 g/mol. The van der Waals surface area contributed by atoms with E-state index in [0.29, 0.717) is 17.7 Å². The van der Waals surface area contributed by atoms with E-state index in [0.717, 1.165) is 37.2 Å². The molecule has 4 heteroatoms. The summed E-state index contributed by atoms with van der Waals surface area (Å²) in [6.45, 7) is 3.46. The van der Waals surface area contributed by atoms with Crippen LogP contribution < -0.4 is 10.5 Å². The van der Waals surface area contributed by atoms with E-state index >= 15 is 0 Å². The van der Waals surface area contributed by atoms with Crippen molar-refractivity contribution < 1.29 is 9.47 Å². The first-order valence-corrected chi connectivity index (χ1v) is 6.84. The van der Waals surface area contributed by atoms with E-state index in [-0.39, 0.29) is 6.04 Å². The minimum Gasteiger partial charge on any atom is -0.492 e. The maximum Gasteiger partial charge on any atom is 0.137 e. The molecule has 18 heavy (non-hydrogen) atoms. The molecule has 0 saturated carbocycles. The SMILES string of the molecule is CC(N)c1ccc(OCCC2CCCO2)c(Cl)c1. The second-order valence-corrected chi connectivity index (χ2v) is 5.16. The third-order valence-corrected chi connectivity index (χ3v) is 3.50. The van der Waals surface area contributed by atoms with E-state index in [1.54, 1.807) is 0 Å². The Kier molecular flexibility index (Phi) is 4.87. The summed E-state index contributed by atoms with van der Waals surface area (Å²) in [7, 11) is 0. The Morgan fingerprint density at radius 1 is 1.56 bits per heavy atom. The van der Waals surface area contributed by atoms with Crippen LogP contribution in [-0.4, -0.2) is 19.3 Å². The topological polar surface area (TPSA) is 44.5 Å². The fourth-order valence-electron chi connectivity index (χ4n) is 2.09. The Bertz CT molecular complexity index is 389. The first-order chi connectivity index (χ1) is 8.66. The predicted octanol–water partition coefficient (Wildman–Crippen LogP) is 3.31. The van der Waals surface area contributed by atoms with Crippen LogP contribution in [0.1, 0.15) is 37.8 Å². The average Bonchev–Trinajstić information content (AvgIpc) is 2.84. The summed E-state index contributed by atoms with van der Waals surface area (Å²) in [5.41, 5.74) is 6.82. The molecule has 1 aromatic carbocycles. The maximum atomic E-state index is 6.16. The Morgan fingerprint density at radius 3 is 3.00 bits per heavy atom. The van der Waals surface area contributed by atoms with Crippen molar-refractivity contribution in [2.45, 2.75) is 38.3 Å². The van der Waals surface area contributed by atoms with E-state index in [1.165, 1.54) is 0 Å². The summed E-state index contributed by atoms with van der Waals surface area (Å²) >= 11 is 6.16. The number of hydrogen-bond acceptors (Lipinski definition) is 3. The van der Waals surface area contributed by atoms with Crippen LogP contribution in [0.2, 0.25) is 5.02 Å². The van der Waals surface area contributed by atoms with Crippen molar-refractivity contribution in [2.75, 3.05) is 13.2 Å². The molecule has 1 fully saturated rings. The molecule has 1 aliphatic rings. The summed E-state index contributed by atoms with van der Waals surface area (Å²) in [6, 6.07) is 5.70. The quantitative estimate of drug-likeness (QED) is 0.892. The molecule has 1 aliphatic heterocycles. The highest BCUT2D eigenvalue weighted by Gasteiger charge is 2.15. The zero-order valence-corrected chi connectivity index (χ0v) is 11.5. The highest BCUT2D eigenvalue weighted by molar-refractivity contribution is 6.32. The van der Waals surface area contributed by atoms with Gasteiger partial charge in [-0.2, -0.15) is 0 Å². The first-order valence-electron chi connectivity index (χ1n) is 6.46. The zero-order chi connectivity index (χ0) is 13.0. The highest BCUT2D eigenvalue weighted by atomic mass is 35.5. The summed E-state index contributed by atoms with van der Waals surface area (Å²) in [5, 5.41) is 0.622. The van der Waals surface area contributed by atoms with Crippen molar-refractivity contribution in [1.29, 1.82) is 0 Å². The number of benzene rings is 1. The van der Waals surface area contributed by atoms with Crippen LogP contribution in [-0.2, 0) is 4.74 Å². The van der Waals surface area contributed by atoms with Gasteiger partial charge in [0.2, 0.25) is 0 Å². The van der Waals surface area contributed by atoms with Crippen LogP contribution in [0, 0.1) is 0 Å². The van der Waals surface area contributed by atoms with Gasteiger partial charge >= 0.3 is 0 Å². The molecule has 0 aliphatic carbocycles. The van der Waals surface area contributed by atoms with Crippen molar-refractivity contribution in [1.82, 2.24) is 0 Å². The summed E-state index contributed by atoms with van der Waals surface area (Å²) < 4.78 is 11.2. The van der Waals surface area contributed by atoms with Crippen molar-refractivity contribution in [3.05, 3.63) is 28.8 Å². The minimum absolute atomic E-state index is 0.0107. The summed E-state index contributed by atoms with van der Waals surface area (Å²) in [6.07, 6.45) is 3.58. The highest BCUT2D eigenvalue weighted by Crippen LogP contribution is 2.27. The molecule has 0 radical (unpaired) electrons. The van der Waals surface area contributed by atoms with Crippen molar-refractivity contribution >= 4 is 11.6 Å². The summed E-state index contributed by atoms with van der Waals surface area (Å²) in [4.78, 5) is 0. The lowest BCUT2D eigenvalue weighted by Gasteiger charge is -2.13. The van der Waals surface area contributed by atoms with Crippen LogP contribution in [0.25, 0.3) is 0 Å². The minimum atomic E-state index is -0.0107. The van der Waals surface area contributed by atoms with Gasteiger partial charge in [0.1, 0.15) is 5.75 Å². The molecule has 2 N–H and O–H groups in total. The van der Waals surface area contributed by atoms with Gasteiger partial charge in [0.25, 0.3) is 0 Å². The predicted molar refractivity (Wildman–Crippen MR) is 73.1 cm³/mol. The van der Waals surface area contributed by atoms with Crippen LogP contribution >= 0.6 is 11.6 Å². The second-order valence-electron chi connectivity index (χ2n) is 4.75. The largest absolute Gasteiger partial charge is 0.492 e. The number of hydrogen-bond donors (Lipinski definition) is 1. The maximum absolute atomic E-state index is 6.16. The van der Waals surface area contributed by atoms with Crippen LogP contribution in [0.3, 0.4) is 0 Å². The van der Waals surface area contributed by atoms with Crippen molar-refractivity contribution in [2.24, 2.45) is 5.73 Å². The molecule has 1 aromatic rings. The van der Waals surface area contributed by atoms with E-state index in [9.17, 15) is 0 Å². The number of rotatable bonds is 5. The molecule has 0 aromatic heterocycles. The van der Waals surface area contributed by atoms with Gasteiger partial charge in [-0.25, -0.2) is 0 Å². The van der Waals surface area contributed by atoms with Gasteiger partial charge in [0.15, 0.2) is 0 Å². The molecule has 2 atom stereocenters. The zero-order valence-electron chi connectivity index (χ0n) is 10.7. The summed E-state index contributed by atoms with van der Waals surface area (Å²) in [5.74, 6) is 0.721. The van der Waals surface area contributed by atoms with Crippen molar-refractivity contribution in [3.8, 4) is 5.75 Å². The number of nitrogens with two attached hydrogens (primary N) is 1. The molecule has 3 nitrogen and oxygen atoms in total. The molecule has 2 unspecified atom stereocenters. The van der Waals surface area contributed by atoms with Gasteiger partial charge in [-0.05, 0) is 37.5 Å². The molecule has 0 bridgehead atoms. The van der Waals surface area contributed by atoms with E-state index in [1.807, 2.05) is 25.1 Å². The van der Waals surface area contributed by atoms with Gasteiger partial charge < -0.3 is 15.2 Å². The van der Waals surface area contributed by atoms with Crippen molar-refractivity contribution in [3.63, 3.8) is 0 Å². The lowest BCUT2D eigenvalue weighted by atomic mass is 10.1. The number of halogens is 1. The van der Waals surface area contributed by atoms with Gasteiger partial charge in [0, 0.05) is 19.1 Å². The van der Waals surface area contributed by atoms with Gasteiger partial charge in [-0.3, -0.25) is 0 Å². The van der Waals surface area contributed by atoms with Crippen LogP contribution in [0.4, 0.5) is 0 Å². The molecular weight excluding hydrogens is 250 g/mol. The van der Waals surface area contributed by atoms with E-state index in [2.05, 4.69) is 0 Å². The van der Waals surface area contributed by atoms with Crippen LogP contribution in [0.5, 0.6) is 5.75 Å². The Morgan fingerprint density at radius 2 is 2.39 bits per heavy atom. The van der Waals surface area contributed by atoms with E-state index < -0.39 is 0 Å². The van der Waals surface area contributed by atoms with Gasteiger partial charge in [-0.1, -0.05) is 17.7 Å². The molecule has 0 amide bonds. The second kappa shape index (κ2) is 6.41. The Balaban J connectivity index is 1.85. The average molecular weight is 270 g/mol. The Labute approximate surface area is 113 Å². The van der Waals surface area contributed by atoms with E-state index in [4.69, 9.17) is 26.8 Å². The molecule has 1 saturated heterocycles. The molecule has 2 rings (SSSR count).